The first kappa shape index (κ1) is 20.2. The second-order valence-corrected chi connectivity index (χ2v) is 6.98. The van der Waals surface area contributed by atoms with Crippen molar-refractivity contribution in [3.8, 4) is 0 Å². The molecule has 1 saturated heterocycles. The number of carbonyl (C=O) groups is 1. The molecule has 2 aromatic carbocycles. The van der Waals surface area contributed by atoms with Gasteiger partial charge in [0.1, 0.15) is 0 Å². The molecule has 8 heteroatoms. The van der Waals surface area contributed by atoms with Gasteiger partial charge in [0.05, 0.1) is 10.5 Å². The van der Waals surface area contributed by atoms with Crippen LogP contribution in [-0.2, 0) is 0 Å². The van der Waals surface area contributed by atoms with Gasteiger partial charge in [0.2, 0.25) is 0 Å². The summed E-state index contributed by atoms with van der Waals surface area (Å²) in [7, 11) is 0. The van der Waals surface area contributed by atoms with E-state index in [1.165, 1.54) is 23.9 Å². The minimum absolute atomic E-state index is 0. The maximum absolute atomic E-state index is 12.7. The predicted octanol–water partition coefficient (Wildman–Crippen LogP) is 3.65. The molecule has 0 aromatic heterocycles. The Morgan fingerprint density at radius 3 is 2.65 bits per heavy atom. The van der Waals surface area contributed by atoms with Crippen LogP contribution in [0, 0.1) is 10.1 Å². The molecule has 1 amide bonds. The number of nitro groups is 1. The molecule has 0 spiro atoms. The molecule has 1 aliphatic rings. The maximum atomic E-state index is 12.7. The molecular formula is C18H20ClN3O3S. The first-order valence-electron chi connectivity index (χ1n) is 8.16. The van der Waals surface area contributed by atoms with Crippen molar-refractivity contribution >= 4 is 35.8 Å². The number of nitrogens with one attached hydrogen (secondary N) is 2. The van der Waals surface area contributed by atoms with Crippen LogP contribution in [0.5, 0.6) is 0 Å². The van der Waals surface area contributed by atoms with Gasteiger partial charge in [-0.2, -0.15) is 0 Å². The summed E-state index contributed by atoms with van der Waals surface area (Å²) < 4.78 is 0. The van der Waals surface area contributed by atoms with E-state index in [0.29, 0.717) is 10.5 Å². The number of piperidine rings is 1. The van der Waals surface area contributed by atoms with Crippen molar-refractivity contribution in [3.63, 3.8) is 0 Å². The smallest absolute Gasteiger partial charge is 0.270 e. The lowest BCUT2D eigenvalue weighted by Crippen LogP contribution is -2.45. The molecule has 0 aliphatic carbocycles. The Labute approximate surface area is 162 Å². The summed E-state index contributed by atoms with van der Waals surface area (Å²) in [5.41, 5.74) is 0.262. The standard InChI is InChI=1S/C18H19N3O3S.ClH/c22-18(20-13-5-4-10-19-12-13)16-11-14(21(23)24)8-9-17(16)25-15-6-2-1-3-7-15;/h1-3,6-9,11,13,19H,4-5,10,12H2,(H,20,22);1H. The van der Waals surface area contributed by atoms with Crippen LogP contribution in [0.15, 0.2) is 58.3 Å². The van der Waals surface area contributed by atoms with Crippen LogP contribution in [-0.4, -0.2) is 30.0 Å². The molecule has 138 valence electrons. The van der Waals surface area contributed by atoms with Crippen LogP contribution >= 0.6 is 24.2 Å². The van der Waals surface area contributed by atoms with Crippen LogP contribution in [0.4, 0.5) is 5.69 Å². The van der Waals surface area contributed by atoms with Gasteiger partial charge >= 0.3 is 0 Å². The molecule has 26 heavy (non-hydrogen) atoms. The number of hydrogen-bond acceptors (Lipinski definition) is 5. The second-order valence-electron chi connectivity index (χ2n) is 5.87. The summed E-state index contributed by atoms with van der Waals surface area (Å²) in [6, 6.07) is 14.1. The monoisotopic (exact) mass is 393 g/mol. The minimum atomic E-state index is -0.476. The highest BCUT2D eigenvalue weighted by molar-refractivity contribution is 7.99. The molecule has 1 aliphatic heterocycles. The second kappa shape index (κ2) is 9.56. The van der Waals surface area contributed by atoms with Gasteiger partial charge < -0.3 is 10.6 Å². The van der Waals surface area contributed by atoms with E-state index < -0.39 is 4.92 Å². The Morgan fingerprint density at radius 1 is 1.23 bits per heavy atom. The largest absolute Gasteiger partial charge is 0.348 e. The third kappa shape index (κ3) is 5.20. The third-order valence-electron chi connectivity index (χ3n) is 4.02. The lowest BCUT2D eigenvalue weighted by molar-refractivity contribution is -0.384. The normalized spacial score (nSPS) is 16.4. The fraction of sp³-hybridized carbons (Fsp3) is 0.278. The number of non-ortho nitro benzene ring substituents is 1. The summed E-state index contributed by atoms with van der Waals surface area (Å²) in [4.78, 5) is 25.0. The fourth-order valence-electron chi connectivity index (χ4n) is 2.75. The van der Waals surface area contributed by atoms with Crippen molar-refractivity contribution in [2.45, 2.75) is 28.7 Å². The molecular weight excluding hydrogens is 374 g/mol. The Kier molecular flexibility index (Phi) is 7.44. The van der Waals surface area contributed by atoms with E-state index in [-0.39, 0.29) is 30.0 Å². The van der Waals surface area contributed by atoms with Crippen molar-refractivity contribution in [1.29, 1.82) is 0 Å². The summed E-state index contributed by atoms with van der Waals surface area (Å²) in [5, 5.41) is 17.3. The molecule has 1 atom stereocenters. The van der Waals surface area contributed by atoms with Gasteiger partial charge in [-0.1, -0.05) is 30.0 Å². The molecule has 6 nitrogen and oxygen atoms in total. The molecule has 0 radical (unpaired) electrons. The maximum Gasteiger partial charge on any atom is 0.270 e. The third-order valence-corrected chi connectivity index (χ3v) is 5.11. The van der Waals surface area contributed by atoms with Gasteiger partial charge in [-0.05, 0) is 37.6 Å². The van der Waals surface area contributed by atoms with Crippen molar-refractivity contribution in [2.24, 2.45) is 0 Å². The molecule has 1 fully saturated rings. The highest BCUT2D eigenvalue weighted by atomic mass is 35.5. The van der Waals surface area contributed by atoms with Crippen LogP contribution in [0.25, 0.3) is 0 Å². The van der Waals surface area contributed by atoms with Crippen LogP contribution in [0.3, 0.4) is 0 Å². The zero-order valence-corrected chi connectivity index (χ0v) is 15.6. The van der Waals surface area contributed by atoms with Crippen LogP contribution < -0.4 is 10.6 Å². The zero-order chi connectivity index (χ0) is 17.6. The minimum Gasteiger partial charge on any atom is -0.348 e. The van der Waals surface area contributed by atoms with Gasteiger partial charge in [0.25, 0.3) is 11.6 Å². The topological polar surface area (TPSA) is 84.3 Å². The number of nitrogens with zero attached hydrogens (tertiary/aromatic N) is 1. The van der Waals surface area contributed by atoms with Crippen LogP contribution in [0.2, 0.25) is 0 Å². The van der Waals surface area contributed by atoms with E-state index >= 15 is 0 Å². The summed E-state index contributed by atoms with van der Waals surface area (Å²) >= 11 is 1.43. The molecule has 1 unspecified atom stereocenters. The van der Waals surface area contributed by atoms with Gasteiger partial charge in [0, 0.05) is 34.5 Å². The summed E-state index contributed by atoms with van der Waals surface area (Å²) in [6.45, 7) is 1.68. The van der Waals surface area contributed by atoms with Crippen LogP contribution in [0.1, 0.15) is 23.2 Å². The first-order valence-corrected chi connectivity index (χ1v) is 8.98. The summed E-state index contributed by atoms with van der Waals surface area (Å²) in [6.07, 6.45) is 1.92. The predicted molar refractivity (Wildman–Crippen MR) is 104 cm³/mol. The van der Waals surface area contributed by atoms with E-state index in [4.69, 9.17) is 0 Å². The number of benzene rings is 2. The van der Waals surface area contributed by atoms with Gasteiger partial charge in [0.15, 0.2) is 0 Å². The highest BCUT2D eigenvalue weighted by Crippen LogP contribution is 2.32. The van der Waals surface area contributed by atoms with Gasteiger partial charge in [-0.15, -0.1) is 12.4 Å². The molecule has 3 rings (SSSR count). The Hall–Kier alpha value is -2.09. The van der Waals surface area contributed by atoms with Gasteiger partial charge in [-0.3, -0.25) is 14.9 Å². The van der Waals surface area contributed by atoms with E-state index in [9.17, 15) is 14.9 Å². The van der Waals surface area contributed by atoms with Crippen molar-refractivity contribution in [1.82, 2.24) is 10.6 Å². The average Bonchev–Trinajstić information content (AvgIpc) is 2.63. The van der Waals surface area contributed by atoms with E-state index in [1.807, 2.05) is 30.3 Å². The quantitative estimate of drug-likeness (QED) is 0.598. The van der Waals surface area contributed by atoms with Crippen molar-refractivity contribution < 1.29 is 9.72 Å². The Balaban J connectivity index is 0.00000243. The number of rotatable bonds is 5. The SMILES string of the molecule is Cl.O=C(NC1CCCNC1)c1cc([N+](=O)[O-])ccc1Sc1ccccc1. The average molecular weight is 394 g/mol. The Morgan fingerprint density at radius 2 is 2.00 bits per heavy atom. The van der Waals surface area contributed by atoms with E-state index in [1.54, 1.807) is 6.07 Å². The van der Waals surface area contributed by atoms with Gasteiger partial charge in [-0.25, -0.2) is 0 Å². The van der Waals surface area contributed by atoms with Crippen molar-refractivity contribution in [3.05, 3.63) is 64.2 Å². The first-order chi connectivity index (χ1) is 12.1. The van der Waals surface area contributed by atoms with E-state index in [2.05, 4.69) is 10.6 Å². The lowest BCUT2D eigenvalue weighted by Gasteiger charge is -2.24. The number of halogens is 1. The molecule has 1 heterocycles. The molecule has 0 bridgehead atoms. The molecule has 2 aromatic rings. The molecule has 2 N–H and O–H groups in total. The Bertz CT molecular complexity index is 768. The number of nitro benzene ring substituents is 1. The molecule has 0 saturated carbocycles. The lowest BCUT2D eigenvalue weighted by atomic mass is 10.1. The highest BCUT2D eigenvalue weighted by Gasteiger charge is 2.21. The van der Waals surface area contributed by atoms with Crippen molar-refractivity contribution in [2.75, 3.05) is 13.1 Å². The number of carbonyl (C=O) groups excluding carboxylic acids is 1. The number of amides is 1. The summed E-state index contributed by atoms with van der Waals surface area (Å²) in [5.74, 6) is -0.268. The number of hydrogen-bond donors (Lipinski definition) is 2. The van der Waals surface area contributed by atoms with E-state index in [0.717, 1.165) is 30.8 Å². The zero-order valence-electron chi connectivity index (χ0n) is 14.0. The fourth-order valence-corrected chi connectivity index (χ4v) is 3.70.